The Morgan fingerprint density at radius 1 is 1.10 bits per heavy atom. The van der Waals surface area contributed by atoms with E-state index in [2.05, 4.69) is 26.0 Å². The van der Waals surface area contributed by atoms with Crippen LogP contribution in [0.25, 0.3) is 0 Å². The third-order valence-corrected chi connectivity index (χ3v) is 7.05. The van der Waals surface area contributed by atoms with Gasteiger partial charge in [-0.3, -0.25) is 4.79 Å². The summed E-state index contributed by atoms with van der Waals surface area (Å²) < 4.78 is 0. The third-order valence-electron chi connectivity index (χ3n) is 4.17. The molecule has 1 aromatic rings. The van der Waals surface area contributed by atoms with Gasteiger partial charge in [0.1, 0.15) is 11.5 Å². The number of carbonyl (C=O) groups excluding carboxylic acids is 1. The summed E-state index contributed by atoms with van der Waals surface area (Å²) in [6.45, 7) is 4.50. The highest BCUT2D eigenvalue weighted by molar-refractivity contribution is 7.98. The van der Waals surface area contributed by atoms with Crippen molar-refractivity contribution in [3.8, 4) is 0 Å². The van der Waals surface area contributed by atoms with E-state index < -0.39 is 0 Å². The van der Waals surface area contributed by atoms with Crippen molar-refractivity contribution >= 4 is 16.7 Å². The fraction of sp³-hybridized carbons (Fsp3) is 0.611. The van der Waals surface area contributed by atoms with Crippen LogP contribution in [0.3, 0.4) is 0 Å². The molecule has 0 radical (unpaired) electrons. The van der Waals surface area contributed by atoms with E-state index in [0.29, 0.717) is 21.9 Å². The van der Waals surface area contributed by atoms with Crippen molar-refractivity contribution in [3.63, 3.8) is 0 Å². The zero-order chi connectivity index (χ0) is 14.4. The SMILES string of the molecule is CCCC[S+](CCCC)C1CCc2ccccc2C1=O. The first-order chi connectivity index (χ1) is 9.77. The quantitative estimate of drug-likeness (QED) is 0.680. The summed E-state index contributed by atoms with van der Waals surface area (Å²) in [4.78, 5) is 12.8. The maximum Gasteiger partial charge on any atom is 0.215 e. The molecule has 0 amide bonds. The molecule has 0 aromatic heterocycles. The smallest absolute Gasteiger partial charge is 0.215 e. The van der Waals surface area contributed by atoms with Crippen LogP contribution < -0.4 is 0 Å². The van der Waals surface area contributed by atoms with Crippen LogP contribution in [0.15, 0.2) is 24.3 Å². The molecule has 1 atom stereocenters. The number of hydrogen-bond donors (Lipinski definition) is 0. The molecule has 0 heterocycles. The van der Waals surface area contributed by atoms with Gasteiger partial charge in [-0.15, -0.1) is 0 Å². The molecule has 110 valence electrons. The van der Waals surface area contributed by atoms with Gasteiger partial charge in [-0.2, -0.15) is 0 Å². The molecule has 1 unspecified atom stereocenters. The van der Waals surface area contributed by atoms with Crippen LogP contribution in [0.4, 0.5) is 0 Å². The van der Waals surface area contributed by atoms with Gasteiger partial charge in [-0.1, -0.05) is 51.0 Å². The van der Waals surface area contributed by atoms with Gasteiger partial charge in [0.05, 0.1) is 0 Å². The van der Waals surface area contributed by atoms with E-state index in [1.54, 1.807) is 0 Å². The Balaban J connectivity index is 2.11. The number of hydrogen-bond acceptors (Lipinski definition) is 1. The molecule has 0 N–H and O–H groups in total. The summed E-state index contributed by atoms with van der Waals surface area (Å²) in [6.07, 6.45) is 7.21. The van der Waals surface area contributed by atoms with Gasteiger partial charge in [-0.25, -0.2) is 0 Å². The molecule has 0 bridgehead atoms. The molecular formula is C18H27OS+. The Labute approximate surface area is 126 Å². The van der Waals surface area contributed by atoms with Crippen LogP contribution >= 0.6 is 0 Å². The first kappa shape index (κ1) is 15.6. The van der Waals surface area contributed by atoms with E-state index in [-0.39, 0.29) is 0 Å². The molecule has 0 saturated heterocycles. The van der Waals surface area contributed by atoms with Crippen LogP contribution in [0, 0.1) is 0 Å². The molecule has 0 fully saturated rings. The van der Waals surface area contributed by atoms with E-state index in [1.165, 1.54) is 42.8 Å². The van der Waals surface area contributed by atoms with Gasteiger partial charge < -0.3 is 0 Å². The number of aryl methyl sites for hydroxylation is 1. The van der Waals surface area contributed by atoms with E-state index in [4.69, 9.17) is 0 Å². The zero-order valence-corrected chi connectivity index (χ0v) is 13.7. The molecule has 1 aliphatic rings. The molecule has 1 aliphatic carbocycles. The van der Waals surface area contributed by atoms with E-state index in [1.807, 2.05) is 12.1 Å². The van der Waals surface area contributed by atoms with Crippen LogP contribution in [0.2, 0.25) is 0 Å². The molecule has 20 heavy (non-hydrogen) atoms. The van der Waals surface area contributed by atoms with Crippen molar-refractivity contribution in [3.05, 3.63) is 35.4 Å². The van der Waals surface area contributed by atoms with Gasteiger partial charge in [0.2, 0.25) is 5.78 Å². The van der Waals surface area contributed by atoms with Crippen molar-refractivity contribution in [2.75, 3.05) is 11.5 Å². The summed E-state index contributed by atoms with van der Waals surface area (Å²) in [5.74, 6) is 2.95. The van der Waals surface area contributed by atoms with E-state index in [9.17, 15) is 4.79 Å². The standard InChI is InChI=1S/C18H27OS/c1-3-5-13-20(14-6-4-2)17-12-11-15-9-7-8-10-16(15)18(17)19/h7-10,17H,3-6,11-14H2,1-2H3/q+1. The fourth-order valence-electron chi connectivity index (χ4n) is 2.93. The Kier molecular flexibility index (Phi) is 6.15. The number of unbranched alkanes of at least 4 members (excludes halogenated alkanes) is 2. The minimum Gasteiger partial charge on any atom is -0.288 e. The van der Waals surface area contributed by atoms with Gasteiger partial charge in [0.15, 0.2) is 5.25 Å². The molecule has 0 aliphatic heterocycles. The Morgan fingerprint density at radius 3 is 2.40 bits per heavy atom. The summed E-state index contributed by atoms with van der Waals surface area (Å²) in [5, 5.41) is 0.308. The Bertz CT molecular complexity index is 433. The van der Waals surface area contributed by atoms with Crippen molar-refractivity contribution in [1.82, 2.24) is 0 Å². The Morgan fingerprint density at radius 2 is 1.75 bits per heavy atom. The maximum atomic E-state index is 12.8. The second kappa shape index (κ2) is 7.87. The predicted molar refractivity (Wildman–Crippen MR) is 89.8 cm³/mol. The summed E-state index contributed by atoms with van der Waals surface area (Å²) in [7, 11) is 0.302. The lowest BCUT2D eigenvalue weighted by atomic mass is 9.90. The fourth-order valence-corrected chi connectivity index (χ4v) is 5.91. The average molecular weight is 291 g/mol. The van der Waals surface area contributed by atoms with Crippen molar-refractivity contribution in [1.29, 1.82) is 0 Å². The number of rotatable bonds is 7. The summed E-state index contributed by atoms with van der Waals surface area (Å²) >= 11 is 0. The van der Waals surface area contributed by atoms with Crippen molar-refractivity contribution in [2.45, 2.75) is 57.6 Å². The van der Waals surface area contributed by atoms with Crippen LogP contribution in [0.5, 0.6) is 0 Å². The lowest BCUT2D eigenvalue weighted by Gasteiger charge is -2.24. The Hall–Kier alpha value is -0.760. The number of ketones is 1. The zero-order valence-electron chi connectivity index (χ0n) is 12.9. The second-order valence-electron chi connectivity index (χ2n) is 5.70. The van der Waals surface area contributed by atoms with Gasteiger partial charge in [0, 0.05) is 12.0 Å². The van der Waals surface area contributed by atoms with Crippen LogP contribution in [-0.2, 0) is 17.3 Å². The highest BCUT2D eigenvalue weighted by atomic mass is 32.2. The molecule has 2 rings (SSSR count). The molecular weight excluding hydrogens is 264 g/mol. The minimum atomic E-state index is 0.302. The normalized spacial score (nSPS) is 18.4. The highest BCUT2D eigenvalue weighted by Gasteiger charge is 2.39. The molecule has 1 aromatic carbocycles. The lowest BCUT2D eigenvalue weighted by molar-refractivity contribution is 0.0978. The largest absolute Gasteiger partial charge is 0.288 e. The molecule has 2 heteroatoms. The molecule has 0 saturated carbocycles. The van der Waals surface area contributed by atoms with Crippen LogP contribution in [0.1, 0.15) is 61.9 Å². The lowest BCUT2D eigenvalue weighted by Crippen LogP contribution is -2.38. The number of fused-ring (bicyclic) bond motifs is 1. The van der Waals surface area contributed by atoms with Crippen molar-refractivity contribution in [2.24, 2.45) is 0 Å². The topological polar surface area (TPSA) is 17.1 Å². The number of carbonyl (C=O) groups is 1. The monoisotopic (exact) mass is 291 g/mol. The first-order valence-corrected chi connectivity index (χ1v) is 9.69. The van der Waals surface area contributed by atoms with Crippen LogP contribution in [-0.4, -0.2) is 22.5 Å². The van der Waals surface area contributed by atoms with Gasteiger partial charge in [-0.05, 0) is 35.7 Å². The molecule has 1 nitrogen and oxygen atoms in total. The third kappa shape index (κ3) is 3.66. The van der Waals surface area contributed by atoms with Gasteiger partial charge >= 0.3 is 0 Å². The second-order valence-corrected chi connectivity index (χ2v) is 8.16. The summed E-state index contributed by atoms with van der Waals surface area (Å²) in [6, 6.07) is 8.22. The maximum absolute atomic E-state index is 12.8. The predicted octanol–water partition coefficient (Wildman–Crippen LogP) is 4.40. The van der Waals surface area contributed by atoms with Crippen molar-refractivity contribution < 1.29 is 4.79 Å². The first-order valence-electron chi connectivity index (χ1n) is 8.06. The minimum absolute atomic E-state index is 0.302. The van der Waals surface area contributed by atoms with E-state index in [0.717, 1.165) is 18.4 Å². The number of Topliss-reactive ketones (excluding diaryl/α,β-unsaturated/α-hetero) is 1. The number of benzene rings is 1. The summed E-state index contributed by atoms with van der Waals surface area (Å²) in [5.41, 5.74) is 2.28. The average Bonchev–Trinajstić information content (AvgIpc) is 2.49. The van der Waals surface area contributed by atoms with E-state index >= 15 is 0 Å². The highest BCUT2D eigenvalue weighted by Crippen LogP contribution is 2.28. The molecule has 0 spiro atoms. The van der Waals surface area contributed by atoms with Gasteiger partial charge in [0.25, 0.3) is 0 Å².